The van der Waals surface area contributed by atoms with E-state index in [1.165, 1.54) is 11.6 Å². The number of rotatable bonds is 5. The molecule has 0 aliphatic carbocycles. The molecule has 0 fully saturated rings. The van der Waals surface area contributed by atoms with Crippen LogP contribution in [0.5, 0.6) is 0 Å². The van der Waals surface area contributed by atoms with Gasteiger partial charge >= 0.3 is 0 Å². The number of fused-ring (bicyclic) bond motifs is 1. The minimum atomic E-state index is -0.774. The third kappa shape index (κ3) is 4.20. The summed E-state index contributed by atoms with van der Waals surface area (Å²) >= 11 is 0. The van der Waals surface area contributed by atoms with Crippen LogP contribution in [0.3, 0.4) is 0 Å². The molecule has 1 aromatic heterocycles. The third-order valence-electron chi connectivity index (χ3n) is 4.03. The molecule has 0 aliphatic heterocycles. The molecule has 0 unspecified atom stereocenters. The summed E-state index contributed by atoms with van der Waals surface area (Å²) in [6.07, 6.45) is 5.12. The van der Waals surface area contributed by atoms with Crippen molar-refractivity contribution in [2.75, 3.05) is 0 Å². The Labute approximate surface area is 137 Å². The van der Waals surface area contributed by atoms with Crippen molar-refractivity contribution < 1.29 is 5.11 Å². The topological polar surface area (TPSA) is 42.2 Å². The van der Waals surface area contributed by atoms with Crippen LogP contribution in [0.1, 0.15) is 45.4 Å². The Morgan fingerprint density at radius 2 is 1.96 bits per heavy atom. The summed E-state index contributed by atoms with van der Waals surface area (Å²) in [6, 6.07) is 9.01. The zero-order valence-corrected chi connectivity index (χ0v) is 14.3. The van der Waals surface area contributed by atoms with E-state index in [9.17, 15) is 9.90 Å². The largest absolute Gasteiger partial charge is 0.383 e. The van der Waals surface area contributed by atoms with E-state index in [2.05, 4.69) is 19.9 Å². The SMILES string of the molecule is CC(C)=CCCC(C)=C[C@@H](O)c1cc(=O)c2ccccc2n1C. The van der Waals surface area contributed by atoms with Crippen molar-refractivity contribution >= 4 is 10.9 Å². The highest BCUT2D eigenvalue weighted by atomic mass is 16.3. The lowest BCUT2D eigenvalue weighted by atomic mass is 10.1. The molecule has 0 radical (unpaired) electrons. The van der Waals surface area contributed by atoms with Gasteiger partial charge in [0.2, 0.25) is 0 Å². The number of aliphatic hydroxyl groups is 1. The van der Waals surface area contributed by atoms with Crippen LogP contribution in [-0.2, 0) is 7.05 Å². The molecule has 3 heteroatoms. The van der Waals surface area contributed by atoms with Crippen LogP contribution in [0.15, 0.2) is 58.4 Å². The van der Waals surface area contributed by atoms with Crippen molar-refractivity contribution in [1.82, 2.24) is 4.57 Å². The van der Waals surface area contributed by atoms with E-state index < -0.39 is 6.10 Å². The number of nitrogens with zero attached hydrogens (tertiary/aromatic N) is 1. The van der Waals surface area contributed by atoms with Gasteiger partial charge in [0.25, 0.3) is 0 Å². The van der Waals surface area contributed by atoms with Gasteiger partial charge in [0.05, 0.1) is 11.2 Å². The highest BCUT2D eigenvalue weighted by Gasteiger charge is 2.12. The lowest BCUT2D eigenvalue weighted by Crippen LogP contribution is -2.14. The highest BCUT2D eigenvalue weighted by molar-refractivity contribution is 5.79. The maximum atomic E-state index is 12.2. The number of benzene rings is 1. The quantitative estimate of drug-likeness (QED) is 0.838. The van der Waals surface area contributed by atoms with Gasteiger partial charge in [-0.15, -0.1) is 0 Å². The molecule has 1 aromatic carbocycles. The van der Waals surface area contributed by atoms with Crippen molar-refractivity contribution in [1.29, 1.82) is 0 Å². The summed E-state index contributed by atoms with van der Waals surface area (Å²) in [5.74, 6) is 0. The summed E-state index contributed by atoms with van der Waals surface area (Å²) < 4.78 is 1.89. The molecule has 0 saturated carbocycles. The number of allylic oxidation sites excluding steroid dienone is 3. The van der Waals surface area contributed by atoms with Crippen molar-refractivity contribution in [3.05, 3.63) is 69.5 Å². The molecule has 0 bridgehead atoms. The normalized spacial score (nSPS) is 13.2. The van der Waals surface area contributed by atoms with Crippen molar-refractivity contribution in [3.8, 4) is 0 Å². The second-order valence-corrected chi connectivity index (χ2v) is 6.29. The first-order chi connectivity index (χ1) is 10.9. The highest BCUT2D eigenvalue weighted by Crippen LogP contribution is 2.20. The average Bonchev–Trinajstić information content (AvgIpc) is 2.50. The second-order valence-electron chi connectivity index (χ2n) is 6.29. The van der Waals surface area contributed by atoms with Gasteiger partial charge in [-0.1, -0.05) is 35.4 Å². The van der Waals surface area contributed by atoms with Gasteiger partial charge in [-0.3, -0.25) is 4.79 Å². The number of para-hydroxylation sites is 1. The minimum absolute atomic E-state index is 0.0525. The molecule has 1 heterocycles. The van der Waals surface area contributed by atoms with Crippen LogP contribution in [-0.4, -0.2) is 9.67 Å². The Hall–Kier alpha value is -2.13. The van der Waals surface area contributed by atoms with E-state index >= 15 is 0 Å². The zero-order chi connectivity index (χ0) is 17.0. The maximum absolute atomic E-state index is 12.2. The minimum Gasteiger partial charge on any atom is -0.383 e. The summed E-state index contributed by atoms with van der Waals surface area (Å²) in [7, 11) is 1.88. The van der Waals surface area contributed by atoms with Gasteiger partial charge in [-0.05, 0) is 45.7 Å². The number of aryl methyl sites for hydroxylation is 1. The number of hydrogen-bond acceptors (Lipinski definition) is 2. The molecule has 1 atom stereocenters. The van der Waals surface area contributed by atoms with Crippen molar-refractivity contribution in [2.45, 2.75) is 39.7 Å². The Morgan fingerprint density at radius 1 is 1.26 bits per heavy atom. The number of hydrogen-bond donors (Lipinski definition) is 1. The van der Waals surface area contributed by atoms with Gasteiger partial charge < -0.3 is 9.67 Å². The summed E-state index contributed by atoms with van der Waals surface area (Å²) in [4.78, 5) is 12.2. The van der Waals surface area contributed by atoms with Crippen LogP contribution >= 0.6 is 0 Å². The molecule has 0 saturated heterocycles. The van der Waals surface area contributed by atoms with Crippen molar-refractivity contribution in [2.24, 2.45) is 7.05 Å². The average molecular weight is 311 g/mol. The first-order valence-corrected chi connectivity index (χ1v) is 7.97. The number of aliphatic hydroxyl groups excluding tert-OH is 1. The fraction of sp³-hybridized carbons (Fsp3) is 0.350. The first kappa shape index (κ1) is 17.2. The fourth-order valence-electron chi connectivity index (χ4n) is 2.73. The molecule has 0 spiro atoms. The monoisotopic (exact) mass is 311 g/mol. The third-order valence-corrected chi connectivity index (χ3v) is 4.03. The van der Waals surface area contributed by atoms with Gasteiger partial charge in [-0.25, -0.2) is 0 Å². The zero-order valence-electron chi connectivity index (χ0n) is 14.3. The lowest BCUT2D eigenvalue weighted by Gasteiger charge is -2.15. The first-order valence-electron chi connectivity index (χ1n) is 7.97. The van der Waals surface area contributed by atoms with Gasteiger partial charge in [0.1, 0.15) is 6.10 Å². The van der Waals surface area contributed by atoms with E-state index in [4.69, 9.17) is 0 Å². The second kappa shape index (κ2) is 7.42. The molecular weight excluding hydrogens is 286 g/mol. The maximum Gasteiger partial charge on any atom is 0.189 e. The van der Waals surface area contributed by atoms with E-state index in [-0.39, 0.29) is 5.43 Å². The van der Waals surface area contributed by atoms with Crippen LogP contribution in [0.2, 0.25) is 0 Å². The van der Waals surface area contributed by atoms with Gasteiger partial charge in [0, 0.05) is 18.5 Å². The van der Waals surface area contributed by atoms with Crippen LogP contribution in [0.4, 0.5) is 0 Å². The van der Waals surface area contributed by atoms with E-state index in [0.717, 1.165) is 23.9 Å². The van der Waals surface area contributed by atoms with E-state index in [1.807, 2.05) is 48.9 Å². The molecule has 3 nitrogen and oxygen atoms in total. The number of aromatic nitrogens is 1. The molecule has 2 aromatic rings. The Kier molecular flexibility index (Phi) is 5.56. The molecule has 0 aliphatic rings. The fourth-order valence-corrected chi connectivity index (χ4v) is 2.73. The predicted molar refractivity (Wildman–Crippen MR) is 96.6 cm³/mol. The van der Waals surface area contributed by atoms with Crippen molar-refractivity contribution in [3.63, 3.8) is 0 Å². The smallest absolute Gasteiger partial charge is 0.189 e. The Balaban J connectivity index is 2.31. The lowest BCUT2D eigenvalue weighted by molar-refractivity contribution is 0.218. The summed E-state index contributed by atoms with van der Waals surface area (Å²) in [5, 5.41) is 11.2. The molecule has 0 amide bonds. The Bertz CT molecular complexity index is 808. The van der Waals surface area contributed by atoms with E-state index in [1.54, 1.807) is 0 Å². The predicted octanol–water partition coefficient (Wildman–Crippen LogP) is 4.26. The molecule has 23 heavy (non-hydrogen) atoms. The standard InChI is InChI=1S/C20H25NO2/c1-14(2)8-7-9-15(3)12-20(23)18-13-19(22)16-10-5-6-11-17(16)21(18)4/h5-6,8,10-13,20,23H,7,9H2,1-4H3/t20-/m1/s1. The van der Waals surface area contributed by atoms with Crippen LogP contribution in [0.25, 0.3) is 10.9 Å². The van der Waals surface area contributed by atoms with Gasteiger partial charge in [0.15, 0.2) is 5.43 Å². The van der Waals surface area contributed by atoms with Crippen LogP contribution < -0.4 is 5.43 Å². The summed E-state index contributed by atoms with van der Waals surface area (Å²) in [5.41, 5.74) is 3.83. The summed E-state index contributed by atoms with van der Waals surface area (Å²) in [6.45, 7) is 6.18. The van der Waals surface area contributed by atoms with Gasteiger partial charge in [-0.2, -0.15) is 0 Å². The molecule has 1 N–H and O–H groups in total. The molecule has 122 valence electrons. The Morgan fingerprint density at radius 3 is 2.65 bits per heavy atom. The number of pyridine rings is 1. The van der Waals surface area contributed by atoms with E-state index in [0.29, 0.717) is 11.1 Å². The van der Waals surface area contributed by atoms with Crippen LogP contribution in [0, 0.1) is 0 Å². The molecule has 2 rings (SSSR count). The molecular formula is C20H25NO2.